The Morgan fingerprint density at radius 1 is 1.14 bits per heavy atom. The lowest BCUT2D eigenvalue weighted by molar-refractivity contribution is -0.137. The van der Waals surface area contributed by atoms with Crippen LogP contribution in [0.15, 0.2) is 48.5 Å². The van der Waals surface area contributed by atoms with Crippen LogP contribution in [0.5, 0.6) is 5.75 Å². The second kappa shape index (κ2) is 9.31. The first-order valence-electron chi connectivity index (χ1n) is 9.68. The molecule has 1 heterocycles. The lowest BCUT2D eigenvalue weighted by atomic mass is 9.94. The number of piperidine rings is 1. The highest BCUT2D eigenvalue weighted by molar-refractivity contribution is 5.78. The van der Waals surface area contributed by atoms with Crippen LogP contribution in [-0.2, 0) is 17.5 Å². The number of ether oxygens (including phenoxy) is 1. The smallest absolute Gasteiger partial charge is 0.416 e. The number of hydrogen-bond donors (Lipinski definition) is 1. The van der Waals surface area contributed by atoms with Gasteiger partial charge >= 0.3 is 6.18 Å². The summed E-state index contributed by atoms with van der Waals surface area (Å²) in [5.74, 6) is 0.600. The number of amides is 1. The number of halogens is 3. The van der Waals surface area contributed by atoms with Gasteiger partial charge in [0.05, 0.1) is 19.2 Å². The maximum absolute atomic E-state index is 12.8. The molecule has 1 aliphatic heterocycles. The minimum Gasteiger partial charge on any atom is -0.496 e. The SMILES string of the molecule is COc1ccccc1CNC(=O)CN1CCCCC1c1ccc(C(F)(F)F)cc1. The van der Waals surface area contributed by atoms with Gasteiger partial charge in [0, 0.05) is 18.2 Å². The number of carbonyl (C=O) groups excluding carboxylic acids is 1. The highest BCUT2D eigenvalue weighted by Crippen LogP contribution is 2.34. The lowest BCUT2D eigenvalue weighted by Gasteiger charge is -2.35. The van der Waals surface area contributed by atoms with Gasteiger partial charge in [-0.05, 0) is 43.1 Å². The summed E-state index contributed by atoms with van der Waals surface area (Å²) < 4.78 is 43.7. The molecule has 1 saturated heterocycles. The molecule has 1 fully saturated rings. The first-order valence-corrected chi connectivity index (χ1v) is 9.68. The molecule has 3 rings (SSSR count). The molecule has 1 unspecified atom stereocenters. The van der Waals surface area contributed by atoms with Crippen molar-refractivity contribution in [1.29, 1.82) is 0 Å². The minimum absolute atomic E-state index is 0.0527. The van der Waals surface area contributed by atoms with Crippen molar-refractivity contribution >= 4 is 5.91 Å². The molecule has 0 aliphatic carbocycles. The quantitative estimate of drug-likeness (QED) is 0.765. The van der Waals surface area contributed by atoms with Gasteiger partial charge in [-0.2, -0.15) is 13.2 Å². The van der Waals surface area contributed by atoms with Gasteiger partial charge in [-0.15, -0.1) is 0 Å². The van der Waals surface area contributed by atoms with Crippen LogP contribution in [0, 0.1) is 0 Å². The number of rotatable bonds is 6. The second-order valence-electron chi connectivity index (χ2n) is 7.19. The Labute approximate surface area is 168 Å². The molecule has 0 bridgehead atoms. The molecule has 2 aromatic rings. The van der Waals surface area contributed by atoms with E-state index in [2.05, 4.69) is 5.32 Å². The Morgan fingerprint density at radius 2 is 1.86 bits per heavy atom. The Bertz CT molecular complexity index is 822. The van der Waals surface area contributed by atoms with Crippen molar-refractivity contribution < 1.29 is 22.7 Å². The van der Waals surface area contributed by atoms with Gasteiger partial charge in [-0.1, -0.05) is 36.8 Å². The molecule has 0 spiro atoms. The van der Waals surface area contributed by atoms with Crippen LogP contribution in [0.3, 0.4) is 0 Å². The number of benzene rings is 2. The van der Waals surface area contributed by atoms with Crippen molar-refractivity contribution in [2.45, 2.75) is 38.0 Å². The molecule has 1 N–H and O–H groups in total. The Kier molecular flexibility index (Phi) is 6.79. The second-order valence-corrected chi connectivity index (χ2v) is 7.19. The van der Waals surface area contributed by atoms with Gasteiger partial charge in [-0.3, -0.25) is 9.69 Å². The van der Waals surface area contributed by atoms with Gasteiger partial charge in [0.2, 0.25) is 5.91 Å². The van der Waals surface area contributed by atoms with Gasteiger partial charge in [-0.25, -0.2) is 0 Å². The van der Waals surface area contributed by atoms with Crippen molar-refractivity contribution in [3.05, 3.63) is 65.2 Å². The van der Waals surface area contributed by atoms with Gasteiger partial charge in [0.1, 0.15) is 5.75 Å². The molecule has 156 valence electrons. The molecule has 4 nitrogen and oxygen atoms in total. The monoisotopic (exact) mass is 406 g/mol. The highest BCUT2D eigenvalue weighted by atomic mass is 19.4. The van der Waals surface area contributed by atoms with E-state index in [1.54, 1.807) is 7.11 Å². The summed E-state index contributed by atoms with van der Waals surface area (Å²) in [7, 11) is 1.59. The van der Waals surface area contributed by atoms with Crippen LogP contribution >= 0.6 is 0 Å². The fraction of sp³-hybridized carbons (Fsp3) is 0.409. The Balaban J connectivity index is 1.63. The summed E-state index contributed by atoms with van der Waals surface area (Å²) in [6, 6.07) is 12.7. The average molecular weight is 406 g/mol. The molecule has 7 heteroatoms. The highest BCUT2D eigenvalue weighted by Gasteiger charge is 2.31. The van der Waals surface area contributed by atoms with E-state index in [-0.39, 0.29) is 18.5 Å². The first-order chi connectivity index (χ1) is 13.9. The topological polar surface area (TPSA) is 41.6 Å². The van der Waals surface area contributed by atoms with Crippen molar-refractivity contribution in [2.24, 2.45) is 0 Å². The number of likely N-dealkylation sites (tertiary alicyclic amines) is 1. The van der Waals surface area contributed by atoms with E-state index in [4.69, 9.17) is 4.74 Å². The molecule has 0 radical (unpaired) electrons. The van der Waals surface area contributed by atoms with Crippen LogP contribution in [-0.4, -0.2) is 31.0 Å². The number of para-hydroxylation sites is 1. The third-order valence-electron chi connectivity index (χ3n) is 5.25. The average Bonchev–Trinajstić information content (AvgIpc) is 2.72. The van der Waals surface area contributed by atoms with E-state index in [9.17, 15) is 18.0 Å². The van der Waals surface area contributed by atoms with Gasteiger partial charge in [0.15, 0.2) is 0 Å². The summed E-state index contributed by atoms with van der Waals surface area (Å²) in [6.07, 6.45) is -1.56. The number of carbonyl (C=O) groups is 1. The normalized spacial score (nSPS) is 17.7. The summed E-state index contributed by atoms with van der Waals surface area (Å²) in [5.41, 5.74) is 1.05. The standard InChI is InChI=1S/C22H25F3N2O2/c1-29-20-8-3-2-6-17(20)14-26-21(28)15-27-13-5-4-7-19(27)16-9-11-18(12-10-16)22(23,24)25/h2-3,6,8-12,19H,4-5,7,13-15H2,1H3,(H,26,28). The van der Waals surface area contributed by atoms with Crippen LogP contribution < -0.4 is 10.1 Å². The number of methoxy groups -OCH3 is 1. The largest absolute Gasteiger partial charge is 0.496 e. The zero-order valence-corrected chi connectivity index (χ0v) is 16.3. The van der Waals surface area contributed by atoms with E-state index in [0.29, 0.717) is 12.3 Å². The molecule has 0 saturated carbocycles. The van der Waals surface area contributed by atoms with Crippen LogP contribution in [0.4, 0.5) is 13.2 Å². The zero-order valence-electron chi connectivity index (χ0n) is 16.3. The third kappa shape index (κ3) is 5.50. The lowest BCUT2D eigenvalue weighted by Crippen LogP contribution is -2.41. The Morgan fingerprint density at radius 3 is 2.55 bits per heavy atom. The number of nitrogens with zero attached hydrogens (tertiary/aromatic N) is 1. The van der Waals surface area contributed by atoms with Crippen LogP contribution in [0.1, 0.15) is 42.0 Å². The first kappa shape index (κ1) is 21.2. The van der Waals surface area contributed by atoms with E-state index < -0.39 is 11.7 Å². The third-order valence-corrected chi connectivity index (χ3v) is 5.25. The van der Waals surface area contributed by atoms with E-state index >= 15 is 0 Å². The minimum atomic E-state index is -4.34. The zero-order chi connectivity index (χ0) is 20.9. The van der Waals surface area contributed by atoms with E-state index in [1.165, 1.54) is 12.1 Å². The van der Waals surface area contributed by atoms with Crippen molar-refractivity contribution in [1.82, 2.24) is 10.2 Å². The van der Waals surface area contributed by atoms with Crippen molar-refractivity contribution in [2.75, 3.05) is 20.2 Å². The fourth-order valence-electron chi connectivity index (χ4n) is 3.74. The number of alkyl halides is 3. The van der Waals surface area contributed by atoms with E-state index in [0.717, 1.165) is 49.1 Å². The molecular formula is C22H25F3N2O2. The Hall–Kier alpha value is -2.54. The molecule has 2 aromatic carbocycles. The van der Waals surface area contributed by atoms with Crippen LogP contribution in [0.25, 0.3) is 0 Å². The van der Waals surface area contributed by atoms with Gasteiger partial charge < -0.3 is 10.1 Å². The molecular weight excluding hydrogens is 381 g/mol. The van der Waals surface area contributed by atoms with Gasteiger partial charge in [0.25, 0.3) is 0 Å². The molecule has 29 heavy (non-hydrogen) atoms. The maximum Gasteiger partial charge on any atom is 0.416 e. The summed E-state index contributed by atoms with van der Waals surface area (Å²) in [6.45, 7) is 1.32. The summed E-state index contributed by atoms with van der Waals surface area (Å²) in [5, 5.41) is 2.91. The molecule has 1 amide bonds. The summed E-state index contributed by atoms with van der Waals surface area (Å²) in [4.78, 5) is 14.5. The molecule has 1 atom stereocenters. The molecule has 0 aromatic heterocycles. The van der Waals surface area contributed by atoms with Crippen molar-refractivity contribution in [3.8, 4) is 5.75 Å². The predicted octanol–water partition coefficient (Wildman–Crippen LogP) is 4.56. The predicted molar refractivity (Wildman–Crippen MR) is 104 cm³/mol. The number of nitrogens with one attached hydrogen (secondary N) is 1. The number of hydrogen-bond acceptors (Lipinski definition) is 3. The van der Waals surface area contributed by atoms with Crippen LogP contribution in [0.2, 0.25) is 0 Å². The fourth-order valence-corrected chi connectivity index (χ4v) is 3.74. The molecule has 1 aliphatic rings. The maximum atomic E-state index is 12.8. The van der Waals surface area contributed by atoms with Crippen molar-refractivity contribution in [3.63, 3.8) is 0 Å². The van der Waals surface area contributed by atoms with E-state index in [1.807, 2.05) is 29.2 Å². The summed E-state index contributed by atoms with van der Waals surface area (Å²) >= 11 is 0.